The molecule has 4 amide bonds. The van der Waals surface area contributed by atoms with Crippen LogP contribution in [-0.4, -0.2) is 110 Å². The fraction of sp³-hybridized carbons (Fsp3) is 0.440. The fourth-order valence-electron chi connectivity index (χ4n) is 8.70. The van der Waals surface area contributed by atoms with Crippen molar-refractivity contribution in [1.29, 1.82) is 0 Å². The highest BCUT2D eigenvalue weighted by atomic mass is 35.5. The van der Waals surface area contributed by atoms with E-state index in [1.54, 1.807) is 35.1 Å². The van der Waals surface area contributed by atoms with Gasteiger partial charge in [0.2, 0.25) is 11.8 Å². The molecule has 1 aliphatic heterocycles. The van der Waals surface area contributed by atoms with E-state index >= 15 is 0 Å². The third-order valence-electron chi connectivity index (χ3n) is 12.1. The molecule has 17 nitrogen and oxygen atoms in total. The molecule has 3 aromatic carbocycles. The van der Waals surface area contributed by atoms with Crippen molar-refractivity contribution in [2.24, 2.45) is 5.92 Å². The number of para-hydroxylation sites is 1. The lowest BCUT2D eigenvalue weighted by Crippen LogP contribution is -2.54. The summed E-state index contributed by atoms with van der Waals surface area (Å²) in [7, 11) is 2.54. The zero-order valence-electron chi connectivity index (χ0n) is 38.9. The number of hydrogen-bond acceptors (Lipinski definition) is 11. The number of methoxy groups -OCH3 is 2. The van der Waals surface area contributed by atoms with Crippen LogP contribution in [0.1, 0.15) is 103 Å². The standard InChI is InChI=1S/C50H61ClN8O9/c1-31(2)25-40(49(65)67-3)55-48(64)46(62)39(26-32-15-9-8-10-16-32)53-42(60)19-11-6-5-7-14-24-58-30-35(56-57-58)29-52-47(63)34-22-20-33(21-23-34)45-44-37(36-17-12-13-18-38(36)54-44)27-41(50(66)68-4)59(45)43(61)28-51/h8-10,12-13,15-18,20-23,30-31,39-41,45-46,54,62H,5-7,11,14,19,24-29H2,1-4H3,(H,52,63)(H,53,60)(H,55,64). The number of nitrogens with one attached hydrogen (secondary N) is 4. The monoisotopic (exact) mass is 952 g/mol. The maximum atomic E-state index is 13.3. The molecular formula is C50H61ClN8O9. The number of aromatic nitrogens is 4. The third-order valence-corrected chi connectivity index (χ3v) is 12.3. The first-order valence-corrected chi connectivity index (χ1v) is 23.6. The molecule has 5 N–H and O–H groups in total. The summed E-state index contributed by atoms with van der Waals surface area (Å²) in [6.07, 6.45) is 5.24. The van der Waals surface area contributed by atoms with Gasteiger partial charge < -0.3 is 40.4 Å². The van der Waals surface area contributed by atoms with Crippen LogP contribution < -0.4 is 16.0 Å². The molecule has 0 bridgehead atoms. The van der Waals surface area contributed by atoms with Gasteiger partial charge in [0.25, 0.3) is 11.8 Å². The number of benzene rings is 3. The van der Waals surface area contributed by atoms with Crippen LogP contribution >= 0.6 is 11.6 Å². The average molecular weight is 954 g/mol. The number of aryl methyl sites for hydroxylation is 1. The molecule has 3 heterocycles. The largest absolute Gasteiger partial charge is 0.467 e. The number of aliphatic hydroxyl groups is 1. The van der Waals surface area contributed by atoms with Crippen LogP contribution in [0.3, 0.4) is 0 Å². The molecule has 0 spiro atoms. The average Bonchev–Trinajstić information content (AvgIpc) is 3.97. The first-order valence-electron chi connectivity index (χ1n) is 23.0. The van der Waals surface area contributed by atoms with E-state index in [0.717, 1.165) is 53.4 Å². The van der Waals surface area contributed by atoms with E-state index in [2.05, 4.69) is 31.2 Å². The van der Waals surface area contributed by atoms with Crippen LogP contribution in [0.15, 0.2) is 85.1 Å². The Morgan fingerprint density at radius 3 is 2.29 bits per heavy atom. The fourth-order valence-corrected chi connectivity index (χ4v) is 8.83. The van der Waals surface area contributed by atoms with Crippen LogP contribution in [-0.2, 0) is 59.4 Å². The number of nitrogens with zero attached hydrogens (tertiary/aromatic N) is 4. The minimum absolute atomic E-state index is 0.0839. The Labute approximate surface area is 400 Å². The molecule has 5 unspecified atom stereocenters. The molecule has 0 saturated carbocycles. The number of carbonyl (C=O) groups excluding carboxylic acids is 6. The summed E-state index contributed by atoms with van der Waals surface area (Å²) < 4.78 is 11.7. The molecule has 18 heteroatoms. The molecule has 5 aromatic rings. The predicted molar refractivity (Wildman–Crippen MR) is 254 cm³/mol. The number of amides is 4. The van der Waals surface area contributed by atoms with E-state index in [1.165, 1.54) is 19.1 Å². The lowest BCUT2D eigenvalue weighted by atomic mass is 9.87. The highest BCUT2D eigenvalue weighted by Gasteiger charge is 2.44. The molecule has 5 atom stereocenters. The summed E-state index contributed by atoms with van der Waals surface area (Å²) in [6, 6.07) is 20.5. The Morgan fingerprint density at radius 1 is 0.882 bits per heavy atom. The number of aliphatic hydroxyl groups excluding tert-OH is 1. The molecule has 0 aliphatic carbocycles. The number of rotatable bonds is 23. The molecule has 0 fully saturated rings. The van der Waals surface area contributed by atoms with Gasteiger partial charge in [0.05, 0.1) is 39.0 Å². The van der Waals surface area contributed by atoms with Gasteiger partial charge in [-0.2, -0.15) is 0 Å². The molecular weight excluding hydrogens is 892 g/mol. The number of fused-ring (bicyclic) bond motifs is 3. The number of alkyl halides is 1. The van der Waals surface area contributed by atoms with Gasteiger partial charge in [-0.1, -0.05) is 99.0 Å². The third kappa shape index (κ3) is 13.1. The SMILES string of the molecule is COC(=O)C(CC(C)C)NC(=O)C(O)C(Cc1ccccc1)NC(=O)CCCCCCCn1cc(CNC(=O)c2ccc(C3c4[nH]c5ccccc5c4CC(C(=O)OC)N3C(=O)CCl)cc2)nn1. The number of ether oxygens (including phenoxy) is 2. The summed E-state index contributed by atoms with van der Waals surface area (Å²) in [5.74, 6) is -3.18. The van der Waals surface area contributed by atoms with Gasteiger partial charge in [0.15, 0.2) is 6.10 Å². The normalized spacial score (nSPS) is 15.8. The quantitative estimate of drug-likeness (QED) is 0.0330. The van der Waals surface area contributed by atoms with Gasteiger partial charge in [-0.05, 0) is 66.5 Å². The summed E-state index contributed by atoms with van der Waals surface area (Å²) in [5, 5.41) is 28.8. The number of carbonyl (C=O) groups is 6. The van der Waals surface area contributed by atoms with Crippen molar-refractivity contribution in [3.8, 4) is 0 Å². The Hall–Kier alpha value is -6.59. The van der Waals surface area contributed by atoms with Crippen molar-refractivity contribution in [3.63, 3.8) is 0 Å². The van der Waals surface area contributed by atoms with Crippen molar-refractivity contribution < 1.29 is 43.3 Å². The number of hydrogen-bond donors (Lipinski definition) is 5. The van der Waals surface area contributed by atoms with Crippen molar-refractivity contribution in [1.82, 2.24) is 40.8 Å². The predicted octanol–water partition coefficient (Wildman–Crippen LogP) is 5.08. The first-order chi connectivity index (χ1) is 32.8. The van der Waals surface area contributed by atoms with E-state index in [4.69, 9.17) is 21.1 Å². The molecule has 2 aromatic heterocycles. The van der Waals surface area contributed by atoms with E-state index in [9.17, 15) is 33.9 Å². The number of aromatic amines is 1. The van der Waals surface area contributed by atoms with Crippen LogP contribution in [0.2, 0.25) is 0 Å². The van der Waals surface area contributed by atoms with Gasteiger partial charge in [-0.15, -0.1) is 16.7 Å². The Balaban J connectivity index is 0.947. The van der Waals surface area contributed by atoms with Crippen molar-refractivity contribution in [3.05, 3.63) is 119 Å². The van der Waals surface area contributed by atoms with E-state index < -0.39 is 54.0 Å². The smallest absolute Gasteiger partial charge is 0.328 e. The summed E-state index contributed by atoms with van der Waals surface area (Å²) >= 11 is 6.08. The molecule has 6 rings (SSSR count). The lowest BCUT2D eigenvalue weighted by molar-refractivity contribution is -0.154. The molecule has 0 radical (unpaired) electrons. The van der Waals surface area contributed by atoms with E-state index in [0.29, 0.717) is 36.2 Å². The van der Waals surface area contributed by atoms with Crippen LogP contribution in [0.5, 0.6) is 0 Å². The highest BCUT2D eigenvalue weighted by Crippen LogP contribution is 2.41. The molecule has 362 valence electrons. The van der Waals surface area contributed by atoms with E-state index in [-0.39, 0.29) is 49.4 Å². The van der Waals surface area contributed by atoms with Crippen molar-refractivity contribution in [2.75, 3.05) is 20.1 Å². The second kappa shape index (κ2) is 24.4. The van der Waals surface area contributed by atoms with Crippen LogP contribution in [0.25, 0.3) is 10.9 Å². The summed E-state index contributed by atoms with van der Waals surface area (Å²) in [4.78, 5) is 83.1. The Morgan fingerprint density at radius 2 is 1.59 bits per heavy atom. The number of halogens is 1. The van der Waals surface area contributed by atoms with Crippen LogP contribution in [0, 0.1) is 5.92 Å². The topological polar surface area (TPSA) is 227 Å². The van der Waals surface area contributed by atoms with Gasteiger partial charge >= 0.3 is 11.9 Å². The minimum Gasteiger partial charge on any atom is -0.467 e. The lowest BCUT2D eigenvalue weighted by Gasteiger charge is -2.40. The molecule has 68 heavy (non-hydrogen) atoms. The number of unbranched alkanes of at least 4 members (excludes halogenated alkanes) is 4. The van der Waals surface area contributed by atoms with E-state index in [1.807, 2.05) is 68.4 Å². The van der Waals surface area contributed by atoms with Gasteiger partial charge in [0.1, 0.15) is 23.7 Å². The second-order valence-corrected chi connectivity index (χ2v) is 17.7. The Bertz CT molecular complexity index is 2510. The Kier molecular flexibility index (Phi) is 18.3. The maximum Gasteiger partial charge on any atom is 0.328 e. The van der Waals surface area contributed by atoms with Crippen LogP contribution in [0.4, 0.5) is 0 Å². The van der Waals surface area contributed by atoms with Gasteiger partial charge in [-0.3, -0.25) is 23.9 Å². The maximum absolute atomic E-state index is 13.3. The minimum atomic E-state index is -1.60. The van der Waals surface area contributed by atoms with Gasteiger partial charge in [-0.25, -0.2) is 9.59 Å². The first kappa shape index (κ1) is 50.8. The highest BCUT2D eigenvalue weighted by molar-refractivity contribution is 6.27. The second-order valence-electron chi connectivity index (χ2n) is 17.5. The summed E-state index contributed by atoms with van der Waals surface area (Å²) in [5.41, 5.74) is 5.06. The molecule has 1 aliphatic rings. The van der Waals surface area contributed by atoms with Crippen molar-refractivity contribution >= 4 is 58.1 Å². The zero-order valence-corrected chi connectivity index (χ0v) is 39.7. The molecule has 0 saturated heterocycles. The number of H-pyrrole nitrogens is 1. The zero-order chi connectivity index (χ0) is 48.7. The summed E-state index contributed by atoms with van der Waals surface area (Å²) in [6.45, 7) is 4.60. The van der Waals surface area contributed by atoms with Crippen molar-refractivity contribution in [2.45, 2.75) is 115 Å². The number of esters is 2. The van der Waals surface area contributed by atoms with Gasteiger partial charge in [0, 0.05) is 41.5 Å².